The topological polar surface area (TPSA) is 22.1 Å². The molecule has 0 fully saturated rings. The van der Waals surface area contributed by atoms with Crippen LogP contribution >= 0.6 is 11.6 Å². The highest BCUT2D eigenvalue weighted by Gasteiger charge is 2.03. The summed E-state index contributed by atoms with van der Waals surface area (Å²) in [5.74, 6) is 1.55. The van der Waals surface area contributed by atoms with Gasteiger partial charge < -0.3 is 4.74 Å². The van der Waals surface area contributed by atoms with Crippen LogP contribution in [0.15, 0.2) is 36.5 Å². The van der Waals surface area contributed by atoms with Crippen LogP contribution in [0.25, 0.3) is 0 Å². The molecule has 0 saturated heterocycles. The number of benzene rings is 1. The quantitative estimate of drug-likeness (QED) is 0.728. The summed E-state index contributed by atoms with van der Waals surface area (Å²) in [4.78, 5) is 3.91. The molecule has 0 bridgehead atoms. The summed E-state index contributed by atoms with van der Waals surface area (Å²) < 4.78 is 5.75. The third-order valence-electron chi connectivity index (χ3n) is 2.48. The zero-order valence-corrected chi connectivity index (χ0v) is 9.95. The van der Waals surface area contributed by atoms with Crippen molar-refractivity contribution in [2.75, 3.05) is 0 Å². The zero-order chi connectivity index (χ0) is 11.5. The van der Waals surface area contributed by atoms with E-state index in [2.05, 4.69) is 18.0 Å². The molecule has 0 amide bonds. The first-order chi connectivity index (χ1) is 7.66. The normalized spacial score (nSPS) is 10.2. The molecule has 0 radical (unpaired) electrons. The van der Waals surface area contributed by atoms with E-state index < -0.39 is 0 Å². The zero-order valence-electron chi connectivity index (χ0n) is 9.20. The summed E-state index contributed by atoms with van der Waals surface area (Å²) in [5.41, 5.74) is 2.34. The minimum absolute atomic E-state index is 0.433. The van der Waals surface area contributed by atoms with E-state index in [1.165, 1.54) is 5.56 Å². The molecule has 82 valence electrons. The number of ether oxygens (including phenoxy) is 1. The van der Waals surface area contributed by atoms with Crippen LogP contribution in [0.2, 0.25) is 5.15 Å². The van der Waals surface area contributed by atoms with Gasteiger partial charge in [0.05, 0.1) is 0 Å². The lowest BCUT2D eigenvalue weighted by Gasteiger charge is -2.10. The Morgan fingerprint density at radius 1 is 1.19 bits per heavy atom. The highest BCUT2D eigenvalue weighted by molar-refractivity contribution is 6.29. The van der Waals surface area contributed by atoms with Crippen molar-refractivity contribution in [1.29, 1.82) is 0 Å². The minimum atomic E-state index is 0.433. The SMILES string of the molecule is Cc1cccc(Oc2ccnc(Cl)c2)c1C. The van der Waals surface area contributed by atoms with Crippen LogP contribution in [0.5, 0.6) is 11.5 Å². The summed E-state index contributed by atoms with van der Waals surface area (Å²) in [6.45, 7) is 4.09. The van der Waals surface area contributed by atoms with E-state index >= 15 is 0 Å². The lowest BCUT2D eigenvalue weighted by molar-refractivity contribution is 0.477. The Kier molecular flexibility index (Phi) is 3.11. The second-order valence-electron chi connectivity index (χ2n) is 3.61. The van der Waals surface area contributed by atoms with Gasteiger partial charge in [0, 0.05) is 12.3 Å². The van der Waals surface area contributed by atoms with E-state index in [9.17, 15) is 0 Å². The Bertz CT molecular complexity index is 511. The Labute approximate surface area is 99.9 Å². The Balaban J connectivity index is 2.31. The molecule has 2 aromatic rings. The molecule has 0 atom stereocenters. The second kappa shape index (κ2) is 4.54. The molecule has 0 aliphatic carbocycles. The van der Waals surface area contributed by atoms with Crippen molar-refractivity contribution < 1.29 is 4.74 Å². The van der Waals surface area contributed by atoms with Crippen LogP contribution in [-0.4, -0.2) is 4.98 Å². The Hall–Kier alpha value is -1.54. The predicted octanol–water partition coefficient (Wildman–Crippen LogP) is 4.14. The number of rotatable bonds is 2. The lowest BCUT2D eigenvalue weighted by Crippen LogP contribution is -1.90. The fraction of sp³-hybridized carbons (Fsp3) is 0.154. The van der Waals surface area contributed by atoms with E-state index in [1.54, 1.807) is 18.3 Å². The maximum absolute atomic E-state index is 5.79. The fourth-order valence-corrected chi connectivity index (χ4v) is 1.57. The van der Waals surface area contributed by atoms with Gasteiger partial charge in [0.2, 0.25) is 0 Å². The van der Waals surface area contributed by atoms with Crippen molar-refractivity contribution in [3.8, 4) is 11.5 Å². The molecule has 16 heavy (non-hydrogen) atoms. The van der Waals surface area contributed by atoms with Crippen molar-refractivity contribution in [3.63, 3.8) is 0 Å². The number of hydrogen-bond acceptors (Lipinski definition) is 2. The van der Waals surface area contributed by atoms with Gasteiger partial charge in [-0.1, -0.05) is 23.7 Å². The molecule has 1 aromatic heterocycles. The standard InChI is InChI=1S/C13H12ClNO/c1-9-4-3-5-12(10(9)2)16-11-6-7-15-13(14)8-11/h3-8H,1-2H3. The first kappa shape index (κ1) is 11.0. The van der Waals surface area contributed by atoms with Gasteiger partial charge in [-0.05, 0) is 37.1 Å². The third kappa shape index (κ3) is 2.34. The average molecular weight is 234 g/mol. The molecule has 2 rings (SSSR count). The van der Waals surface area contributed by atoms with Crippen molar-refractivity contribution in [3.05, 3.63) is 52.8 Å². The summed E-state index contributed by atoms with van der Waals surface area (Å²) in [7, 11) is 0. The predicted molar refractivity (Wildman–Crippen MR) is 65.2 cm³/mol. The molecule has 0 aliphatic heterocycles. The number of halogens is 1. The average Bonchev–Trinajstić information content (AvgIpc) is 2.25. The van der Waals surface area contributed by atoms with E-state index in [1.807, 2.05) is 19.1 Å². The van der Waals surface area contributed by atoms with E-state index in [0.717, 1.165) is 11.3 Å². The molecule has 0 aliphatic rings. The maximum atomic E-state index is 5.79. The first-order valence-electron chi connectivity index (χ1n) is 5.02. The van der Waals surface area contributed by atoms with Crippen LogP contribution in [-0.2, 0) is 0 Å². The van der Waals surface area contributed by atoms with Gasteiger partial charge in [-0.15, -0.1) is 0 Å². The van der Waals surface area contributed by atoms with Crippen molar-refractivity contribution in [1.82, 2.24) is 4.98 Å². The van der Waals surface area contributed by atoms with Gasteiger partial charge in [-0.2, -0.15) is 0 Å². The van der Waals surface area contributed by atoms with Crippen LogP contribution in [0.3, 0.4) is 0 Å². The molecule has 2 nitrogen and oxygen atoms in total. The molecule has 1 heterocycles. The largest absolute Gasteiger partial charge is 0.457 e. The minimum Gasteiger partial charge on any atom is -0.457 e. The molecule has 3 heteroatoms. The van der Waals surface area contributed by atoms with Gasteiger partial charge >= 0.3 is 0 Å². The van der Waals surface area contributed by atoms with E-state index in [4.69, 9.17) is 16.3 Å². The molecule has 0 spiro atoms. The smallest absolute Gasteiger partial charge is 0.132 e. The second-order valence-corrected chi connectivity index (χ2v) is 4.00. The molecule has 1 aromatic carbocycles. The highest BCUT2D eigenvalue weighted by Crippen LogP contribution is 2.27. The molecule has 0 saturated carbocycles. The molecular weight excluding hydrogens is 222 g/mol. The van der Waals surface area contributed by atoms with Crippen LogP contribution in [0.1, 0.15) is 11.1 Å². The monoisotopic (exact) mass is 233 g/mol. The van der Waals surface area contributed by atoms with Crippen LogP contribution in [0.4, 0.5) is 0 Å². The Morgan fingerprint density at radius 2 is 2.00 bits per heavy atom. The van der Waals surface area contributed by atoms with Gasteiger partial charge in [0.15, 0.2) is 0 Å². The highest BCUT2D eigenvalue weighted by atomic mass is 35.5. The fourth-order valence-electron chi connectivity index (χ4n) is 1.41. The van der Waals surface area contributed by atoms with Gasteiger partial charge in [0.25, 0.3) is 0 Å². The summed E-state index contributed by atoms with van der Waals surface area (Å²) >= 11 is 5.79. The molecular formula is C13H12ClNO. The van der Waals surface area contributed by atoms with Crippen LogP contribution < -0.4 is 4.74 Å². The maximum Gasteiger partial charge on any atom is 0.132 e. The number of aryl methyl sites for hydroxylation is 1. The molecule has 0 N–H and O–H groups in total. The van der Waals surface area contributed by atoms with E-state index in [0.29, 0.717) is 10.9 Å². The van der Waals surface area contributed by atoms with Gasteiger partial charge in [-0.25, -0.2) is 4.98 Å². The molecule has 0 unspecified atom stereocenters. The summed E-state index contributed by atoms with van der Waals surface area (Å²) in [6, 6.07) is 9.45. The number of nitrogens with zero attached hydrogens (tertiary/aromatic N) is 1. The van der Waals surface area contributed by atoms with Crippen molar-refractivity contribution >= 4 is 11.6 Å². The first-order valence-corrected chi connectivity index (χ1v) is 5.40. The third-order valence-corrected chi connectivity index (χ3v) is 2.69. The Morgan fingerprint density at radius 3 is 2.75 bits per heavy atom. The lowest BCUT2D eigenvalue weighted by atomic mass is 10.1. The van der Waals surface area contributed by atoms with Crippen molar-refractivity contribution in [2.45, 2.75) is 13.8 Å². The number of aromatic nitrogens is 1. The van der Waals surface area contributed by atoms with Gasteiger partial charge in [0.1, 0.15) is 16.7 Å². The summed E-state index contributed by atoms with van der Waals surface area (Å²) in [6.07, 6.45) is 1.63. The number of pyridine rings is 1. The van der Waals surface area contributed by atoms with Crippen LogP contribution in [0, 0.1) is 13.8 Å². The summed E-state index contributed by atoms with van der Waals surface area (Å²) in [5, 5.41) is 0.433. The number of hydrogen-bond donors (Lipinski definition) is 0. The van der Waals surface area contributed by atoms with E-state index in [-0.39, 0.29) is 0 Å². The van der Waals surface area contributed by atoms with Crippen molar-refractivity contribution in [2.24, 2.45) is 0 Å². The van der Waals surface area contributed by atoms with Gasteiger partial charge in [-0.3, -0.25) is 0 Å².